The maximum absolute atomic E-state index is 13.5. The molecule has 0 N–H and O–H groups in total. The summed E-state index contributed by atoms with van der Waals surface area (Å²) in [5, 5.41) is 0. The van der Waals surface area contributed by atoms with Gasteiger partial charge in [0.25, 0.3) is 5.91 Å². The summed E-state index contributed by atoms with van der Waals surface area (Å²) in [6.07, 6.45) is 4.00. The highest BCUT2D eigenvalue weighted by molar-refractivity contribution is 6.11. The minimum absolute atomic E-state index is 0.126. The van der Waals surface area contributed by atoms with Crippen LogP contribution in [-0.4, -0.2) is 40.1 Å². The van der Waals surface area contributed by atoms with Crippen LogP contribution in [0.3, 0.4) is 0 Å². The predicted molar refractivity (Wildman–Crippen MR) is 112 cm³/mol. The summed E-state index contributed by atoms with van der Waals surface area (Å²) < 4.78 is 10.9. The van der Waals surface area contributed by atoms with Crippen LogP contribution in [0, 0.1) is 13.8 Å². The third kappa shape index (κ3) is 3.04. The van der Waals surface area contributed by atoms with E-state index >= 15 is 0 Å². The molecule has 0 saturated carbocycles. The molecule has 1 atom stereocenters. The summed E-state index contributed by atoms with van der Waals surface area (Å²) in [6, 6.07) is 5.18. The van der Waals surface area contributed by atoms with Crippen LogP contribution in [0.5, 0.6) is 11.5 Å². The van der Waals surface area contributed by atoms with Gasteiger partial charge in [0.05, 0.1) is 20.3 Å². The smallest absolute Gasteiger partial charge is 0.260 e. The highest BCUT2D eigenvalue weighted by Gasteiger charge is 2.40. The molecule has 30 heavy (non-hydrogen) atoms. The third-order valence-corrected chi connectivity index (χ3v) is 5.42. The van der Waals surface area contributed by atoms with E-state index in [9.17, 15) is 4.79 Å². The Morgan fingerprint density at radius 3 is 2.30 bits per heavy atom. The summed E-state index contributed by atoms with van der Waals surface area (Å²) in [6.45, 7) is 5.86. The summed E-state index contributed by atoms with van der Waals surface area (Å²) in [5.41, 5.74) is 3.10. The first-order valence-corrected chi connectivity index (χ1v) is 9.72. The minimum Gasteiger partial charge on any atom is -0.493 e. The number of fused-ring (bicyclic) bond motifs is 1. The van der Waals surface area contributed by atoms with Gasteiger partial charge in [-0.05, 0) is 44.0 Å². The Bertz CT molecular complexity index is 1120. The van der Waals surface area contributed by atoms with Gasteiger partial charge in [-0.3, -0.25) is 9.69 Å². The Morgan fingerprint density at radius 1 is 1.00 bits per heavy atom. The Balaban J connectivity index is 1.88. The zero-order valence-corrected chi connectivity index (χ0v) is 17.6. The molecule has 0 saturated heterocycles. The second-order valence-corrected chi connectivity index (χ2v) is 7.05. The van der Waals surface area contributed by atoms with E-state index in [0.29, 0.717) is 40.9 Å². The lowest BCUT2D eigenvalue weighted by atomic mass is 10.0. The van der Waals surface area contributed by atoms with Gasteiger partial charge < -0.3 is 9.47 Å². The standard InChI is InChI=1S/C22H23N5O3/c1-6-16-14-10-17(29-4)18(30-5)11-15(14)22(28)27(16)21-12(2)13(3)25-20(26-21)19-23-8-7-9-24-19/h7-11,16H,6H2,1-5H3/t16-/m0/s1. The van der Waals surface area contributed by atoms with Gasteiger partial charge in [-0.15, -0.1) is 0 Å². The maximum Gasteiger partial charge on any atom is 0.260 e. The Morgan fingerprint density at radius 2 is 1.67 bits per heavy atom. The van der Waals surface area contributed by atoms with Crippen molar-refractivity contribution in [2.24, 2.45) is 0 Å². The molecule has 3 aromatic rings. The van der Waals surface area contributed by atoms with Crippen molar-refractivity contribution >= 4 is 11.7 Å². The highest BCUT2D eigenvalue weighted by atomic mass is 16.5. The van der Waals surface area contributed by atoms with Crippen LogP contribution < -0.4 is 14.4 Å². The molecule has 1 amide bonds. The fraction of sp³-hybridized carbons (Fsp3) is 0.318. The van der Waals surface area contributed by atoms with Crippen molar-refractivity contribution in [2.75, 3.05) is 19.1 Å². The third-order valence-electron chi connectivity index (χ3n) is 5.42. The molecule has 0 fully saturated rings. The molecular formula is C22H23N5O3. The van der Waals surface area contributed by atoms with Crippen molar-refractivity contribution in [2.45, 2.75) is 33.2 Å². The van der Waals surface area contributed by atoms with Gasteiger partial charge in [0.1, 0.15) is 5.82 Å². The number of anilines is 1. The van der Waals surface area contributed by atoms with Gasteiger partial charge >= 0.3 is 0 Å². The lowest BCUT2D eigenvalue weighted by molar-refractivity contribution is 0.0989. The van der Waals surface area contributed by atoms with E-state index in [4.69, 9.17) is 14.5 Å². The van der Waals surface area contributed by atoms with Gasteiger partial charge in [-0.2, -0.15) is 0 Å². The molecule has 1 aromatic carbocycles. The normalized spacial score (nSPS) is 15.3. The predicted octanol–water partition coefficient (Wildman–Crippen LogP) is 3.68. The average Bonchev–Trinajstić information content (AvgIpc) is 3.05. The van der Waals surface area contributed by atoms with Crippen molar-refractivity contribution < 1.29 is 14.3 Å². The van der Waals surface area contributed by atoms with Crippen molar-refractivity contribution in [3.63, 3.8) is 0 Å². The Kier molecular flexibility index (Phi) is 5.07. The zero-order chi connectivity index (χ0) is 21.4. The number of nitrogens with zero attached hydrogens (tertiary/aromatic N) is 5. The van der Waals surface area contributed by atoms with Crippen LogP contribution in [0.1, 0.15) is 46.6 Å². The van der Waals surface area contributed by atoms with Crippen molar-refractivity contribution in [3.05, 3.63) is 53.0 Å². The van der Waals surface area contributed by atoms with Crippen LogP contribution >= 0.6 is 0 Å². The quantitative estimate of drug-likeness (QED) is 0.639. The summed E-state index contributed by atoms with van der Waals surface area (Å²) in [4.78, 5) is 33.0. The van der Waals surface area contributed by atoms with E-state index < -0.39 is 0 Å². The van der Waals surface area contributed by atoms with Crippen LogP contribution in [0.4, 0.5) is 5.82 Å². The summed E-state index contributed by atoms with van der Waals surface area (Å²) >= 11 is 0. The largest absolute Gasteiger partial charge is 0.493 e. The second kappa shape index (κ2) is 7.70. The summed E-state index contributed by atoms with van der Waals surface area (Å²) in [7, 11) is 3.15. The van der Waals surface area contributed by atoms with E-state index in [1.807, 2.05) is 26.8 Å². The molecule has 0 radical (unpaired) electrons. The fourth-order valence-corrected chi connectivity index (χ4v) is 3.78. The fourth-order valence-electron chi connectivity index (χ4n) is 3.78. The molecule has 0 unspecified atom stereocenters. The first-order chi connectivity index (χ1) is 14.5. The van der Waals surface area contributed by atoms with Crippen LogP contribution in [0.25, 0.3) is 11.6 Å². The first-order valence-electron chi connectivity index (χ1n) is 9.72. The molecular weight excluding hydrogens is 382 g/mol. The van der Waals surface area contributed by atoms with E-state index in [-0.39, 0.29) is 11.9 Å². The number of carbonyl (C=O) groups excluding carboxylic acids is 1. The highest BCUT2D eigenvalue weighted by Crippen LogP contribution is 2.44. The monoisotopic (exact) mass is 405 g/mol. The zero-order valence-electron chi connectivity index (χ0n) is 17.6. The van der Waals surface area contributed by atoms with E-state index in [1.165, 1.54) is 0 Å². The average molecular weight is 405 g/mol. The molecule has 2 aromatic heterocycles. The molecule has 3 heterocycles. The van der Waals surface area contributed by atoms with Gasteiger partial charge in [-0.1, -0.05) is 6.92 Å². The number of benzene rings is 1. The number of rotatable bonds is 5. The van der Waals surface area contributed by atoms with Gasteiger partial charge in [0, 0.05) is 29.2 Å². The van der Waals surface area contributed by atoms with E-state index in [1.54, 1.807) is 43.6 Å². The number of aromatic nitrogens is 4. The lowest BCUT2D eigenvalue weighted by Crippen LogP contribution is -2.29. The number of ether oxygens (including phenoxy) is 2. The van der Waals surface area contributed by atoms with Crippen LogP contribution in [0.15, 0.2) is 30.6 Å². The summed E-state index contributed by atoms with van der Waals surface area (Å²) in [5.74, 6) is 2.37. The lowest BCUT2D eigenvalue weighted by Gasteiger charge is -2.25. The van der Waals surface area contributed by atoms with Crippen LogP contribution in [-0.2, 0) is 0 Å². The van der Waals surface area contributed by atoms with Gasteiger partial charge in [-0.25, -0.2) is 19.9 Å². The SMILES string of the molecule is CC[C@H]1c2cc(OC)c(OC)cc2C(=O)N1c1nc(-c2ncccn2)nc(C)c1C. The Hall–Kier alpha value is -3.55. The number of aryl methyl sites for hydroxylation is 1. The molecule has 0 aliphatic carbocycles. The number of carbonyl (C=O) groups is 1. The van der Waals surface area contributed by atoms with E-state index in [0.717, 1.165) is 16.8 Å². The first kappa shape index (κ1) is 19.8. The topological polar surface area (TPSA) is 90.3 Å². The molecule has 1 aliphatic heterocycles. The molecule has 8 nitrogen and oxygen atoms in total. The number of amides is 1. The number of hydrogen-bond acceptors (Lipinski definition) is 7. The molecule has 0 bridgehead atoms. The molecule has 4 rings (SSSR count). The number of methoxy groups -OCH3 is 2. The molecule has 1 aliphatic rings. The molecule has 8 heteroatoms. The van der Waals surface area contributed by atoms with Gasteiger partial charge in [0.15, 0.2) is 23.1 Å². The Labute approximate surface area is 174 Å². The van der Waals surface area contributed by atoms with E-state index in [2.05, 4.69) is 15.0 Å². The van der Waals surface area contributed by atoms with Crippen LogP contribution in [0.2, 0.25) is 0 Å². The van der Waals surface area contributed by atoms with Crippen molar-refractivity contribution in [1.29, 1.82) is 0 Å². The number of hydrogen-bond donors (Lipinski definition) is 0. The van der Waals surface area contributed by atoms with Gasteiger partial charge in [0.2, 0.25) is 0 Å². The molecule has 0 spiro atoms. The molecule has 154 valence electrons. The van der Waals surface area contributed by atoms with Crippen molar-refractivity contribution in [3.8, 4) is 23.1 Å². The maximum atomic E-state index is 13.5. The van der Waals surface area contributed by atoms with Crippen molar-refractivity contribution in [1.82, 2.24) is 19.9 Å². The minimum atomic E-state index is -0.176. The second-order valence-electron chi connectivity index (χ2n) is 7.05.